The van der Waals surface area contributed by atoms with Gasteiger partial charge in [-0.1, -0.05) is 17.7 Å². The van der Waals surface area contributed by atoms with Crippen molar-refractivity contribution in [2.24, 2.45) is 0 Å². The van der Waals surface area contributed by atoms with Crippen molar-refractivity contribution < 1.29 is 8.76 Å². The van der Waals surface area contributed by atoms with Gasteiger partial charge in [0.25, 0.3) is 0 Å². The number of hydrogen-bond acceptors (Lipinski definition) is 5. The van der Waals surface area contributed by atoms with Crippen molar-refractivity contribution in [1.82, 2.24) is 15.2 Å². The molecule has 0 aliphatic carbocycles. The van der Waals surface area contributed by atoms with E-state index in [-0.39, 0.29) is 11.7 Å². The lowest BCUT2D eigenvalue weighted by Gasteiger charge is -2.05. The van der Waals surface area contributed by atoms with Gasteiger partial charge in [0, 0.05) is 10.7 Å². The maximum absolute atomic E-state index is 10.7. The van der Waals surface area contributed by atoms with Crippen LogP contribution in [-0.2, 0) is 16.8 Å². The fraction of sp³-hybridized carbons (Fsp3) is 0.111. The van der Waals surface area contributed by atoms with Crippen molar-refractivity contribution in [3.63, 3.8) is 0 Å². The Morgan fingerprint density at radius 3 is 2.89 bits per heavy atom. The van der Waals surface area contributed by atoms with E-state index in [9.17, 15) is 4.21 Å². The van der Waals surface area contributed by atoms with Crippen LogP contribution in [-0.4, -0.2) is 23.9 Å². The first-order valence-electron chi connectivity index (χ1n) is 4.85. The molecule has 18 heavy (non-hydrogen) atoms. The van der Waals surface area contributed by atoms with Gasteiger partial charge in [0.1, 0.15) is 0 Å². The molecule has 0 amide bonds. The van der Waals surface area contributed by atoms with Crippen LogP contribution < -0.4 is 11.1 Å². The average molecular weight is 288 g/mol. The number of nitrogens with two attached hydrogens (primary N) is 1. The Morgan fingerprint density at radius 1 is 1.56 bits per heavy atom. The second-order valence-electron chi connectivity index (χ2n) is 3.44. The molecule has 0 aliphatic rings. The van der Waals surface area contributed by atoms with Crippen LogP contribution >= 0.6 is 11.6 Å². The van der Waals surface area contributed by atoms with E-state index in [1.807, 2.05) is 0 Å². The molecule has 0 aliphatic heterocycles. The second-order valence-corrected chi connectivity index (χ2v) is 4.78. The fourth-order valence-electron chi connectivity index (χ4n) is 1.33. The van der Waals surface area contributed by atoms with E-state index in [0.29, 0.717) is 22.2 Å². The minimum absolute atomic E-state index is 0.00723. The van der Waals surface area contributed by atoms with Gasteiger partial charge in [-0.2, -0.15) is 4.98 Å². The summed E-state index contributed by atoms with van der Waals surface area (Å²) in [5.41, 5.74) is 6.64. The summed E-state index contributed by atoms with van der Waals surface area (Å²) in [5, 5.41) is 9.58. The van der Waals surface area contributed by atoms with Crippen LogP contribution in [0.2, 0.25) is 5.02 Å². The minimum Gasteiger partial charge on any atom is -0.368 e. The first kappa shape index (κ1) is 12.8. The maximum atomic E-state index is 10.7. The molecule has 0 bridgehead atoms. The van der Waals surface area contributed by atoms with Crippen molar-refractivity contribution in [2.45, 2.75) is 5.75 Å². The van der Waals surface area contributed by atoms with Crippen LogP contribution in [0.5, 0.6) is 0 Å². The van der Waals surface area contributed by atoms with Gasteiger partial charge in [-0.3, -0.25) is 0 Å². The highest BCUT2D eigenvalue weighted by Gasteiger charge is 2.06. The maximum Gasteiger partial charge on any atom is 0.248 e. The third-order valence-corrected chi connectivity index (χ3v) is 3.00. The van der Waals surface area contributed by atoms with Gasteiger partial charge in [-0.15, -0.1) is 5.10 Å². The molecule has 7 nitrogen and oxygen atoms in total. The number of hydrogen-bond donors (Lipinski definition) is 4. The number of benzene rings is 1. The summed E-state index contributed by atoms with van der Waals surface area (Å²) in [6.07, 6.45) is 0. The molecule has 1 unspecified atom stereocenters. The van der Waals surface area contributed by atoms with Gasteiger partial charge in [0.2, 0.25) is 11.9 Å². The third kappa shape index (κ3) is 3.19. The molecule has 1 aromatic heterocycles. The van der Waals surface area contributed by atoms with Crippen LogP contribution in [0.1, 0.15) is 5.56 Å². The van der Waals surface area contributed by atoms with Gasteiger partial charge >= 0.3 is 0 Å². The largest absolute Gasteiger partial charge is 0.368 e. The normalized spacial score (nSPS) is 12.3. The van der Waals surface area contributed by atoms with E-state index < -0.39 is 11.1 Å². The molecule has 9 heteroatoms. The Bertz CT molecular complexity index is 588. The van der Waals surface area contributed by atoms with E-state index in [2.05, 4.69) is 20.5 Å². The summed E-state index contributed by atoms with van der Waals surface area (Å²) in [4.78, 5) is 3.87. The van der Waals surface area contributed by atoms with E-state index in [1.54, 1.807) is 18.2 Å². The predicted octanol–water partition coefficient (Wildman–Crippen LogP) is 1.51. The van der Waals surface area contributed by atoms with Gasteiger partial charge in [0.05, 0.1) is 5.75 Å². The summed E-state index contributed by atoms with van der Waals surface area (Å²) in [5.74, 6) is 0.519. The molecular weight excluding hydrogens is 278 g/mol. The zero-order valence-corrected chi connectivity index (χ0v) is 10.6. The molecule has 0 fully saturated rings. The van der Waals surface area contributed by atoms with Crippen molar-refractivity contribution in [3.8, 4) is 0 Å². The highest BCUT2D eigenvalue weighted by molar-refractivity contribution is 7.78. The quantitative estimate of drug-likeness (QED) is 0.633. The Balaban J connectivity index is 2.16. The Hall–Kier alpha value is -1.64. The number of rotatable bonds is 4. The zero-order valence-electron chi connectivity index (χ0n) is 9.05. The van der Waals surface area contributed by atoms with E-state index in [1.165, 1.54) is 0 Å². The molecule has 5 N–H and O–H groups in total. The van der Waals surface area contributed by atoms with Gasteiger partial charge in [-0.25, -0.2) is 9.31 Å². The van der Waals surface area contributed by atoms with Crippen molar-refractivity contribution in [1.29, 1.82) is 0 Å². The smallest absolute Gasteiger partial charge is 0.248 e. The molecule has 1 heterocycles. The number of H-pyrrole nitrogens is 1. The number of nitrogens with one attached hydrogen (secondary N) is 2. The Morgan fingerprint density at radius 2 is 2.33 bits per heavy atom. The van der Waals surface area contributed by atoms with Gasteiger partial charge in [0.15, 0.2) is 11.1 Å². The minimum atomic E-state index is -1.92. The Kier molecular flexibility index (Phi) is 3.80. The van der Waals surface area contributed by atoms with Crippen LogP contribution in [0.15, 0.2) is 18.2 Å². The molecule has 2 aromatic rings. The molecule has 0 saturated carbocycles. The highest BCUT2D eigenvalue weighted by atomic mass is 35.5. The molecule has 1 atom stereocenters. The fourth-order valence-corrected chi connectivity index (χ4v) is 2.18. The van der Waals surface area contributed by atoms with Crippen molar-refractivity contribution in [2.75, 3.05) is 11.1 Å². The van der Waals surface area contributed by atoms with Crippen LogP contribution in [0.25, 0.3) is 0 Å². The number of anilines is 3. The standard InChI is InChI=1S/C9H10ClN5O2S/c10-7-3-6(2-1-5(7)4-18(16)17)12-9-13-8(11)14-15-9/h1-3H,4H2,(H,16,17)(H4,11,12,13,14,15). The lowest BCUT2D eigenvalue weighted by atomic mass is 10.2. The summed E-state index contributed by atoms with van der Waals surface area (Å²) in [6.45, 7) is 0. The molecule has 0 spiro atoms. The van der Waals surface area contributed by atoms with E-state index in [0.717, 1.165) is 0 Å². The van der Waals surface area contributed by atoms with E-state index >= 15 is 0 Å². The van der Waals surface area contributed by atoms with Gasteiger partial charge < -0.3 is 15.6 Å². The molecule has 0 saturated heterocycles. The average Bonchev–Trinajstić information content (AvgIpc) is 2.68. The lowest BCUT2D eigenvalue weighted by molar-refractivity contribution is 0.563. The topological polar surface area (TPSA) is 117 Å². The number of aromatic amines is 1. The Labute approximate surface area is 110 Å². The lowest BCUT2D eigenvalue weighted by Crippen LogP contribution is -1.97. The van der Waals surface area contributed by atoms with Crippen molar-refractivity contribution in [3.05, 3.63) is 28.8 Å². The summed E-state index contributed by atoms with van der Waals surface area (Å²) in [6, 6.07) is 4.99. The zero-order chi connectivity index (χ0) is 13.1. The summed E-state index contributed by atoms with van der Waals surface area (Å²) >= 11 is 4.07. The number of aromatic nitrogens is 3. The SMILES string of the molecule is Nc1nc(Nc2ccc(CS(=O)O)c(Cl)c2)n[nH]1. The molecule has 96 valence electrons. The number of nitrogens with zero attached hydrogens (tertiary/aromatic N) is 2. The summed E-state index contributed by atoms with van der Waals surface area (Å²) < 4.78 is 19.5. The van der Waals surface area contributed by atoms with E-state index in [4.69, 9.17) is 21.9 Å². The highest BCUT2D eigenvalue weighted by Crippen LogP contribution is 2.23. The third-order valence-electron chi connectivity index (χ3n) is 2.09. The summed E-state index contributed by atoms with van der Waals surface area (Å²) in [7, 11) is 0. The van der Waals surface area contributed by atoms with Crippen molar-refractivity contribution >= 4 is 40.3 Å². The van der Waals surface area contributed by atoms with Crippen LogP contribution in [0, 0.1) is 0 Å². The predicted molar refractivity (Wildman–Crippen MR) is 70.0 cm³/mol. The second kappa shape index (κ2) is 5.34. The number of nitrogen functional groups attached to an aromatic ring is 1. The molecule has 1 aromatic carbocycles. The molecular formula is C9H10ClN5O2S. The molecule has 2 rings (SSSR count). The number of halogens is 1. The molecule has 0 radical (unpaired) electrons. The first-order chi connectivity index (χ1) is 8.54. The first-order valence-corrected chi connectivity index (χ1v) is 6.51. The monoisotopic (exact) mass is 287 g/mol. The van der Waals surface area contributed by atoms with Gasteiger partial charge in [-0.05, 0) is 17.7 Å². The van der Waals surface area contributed by atoms with Crippen LogP contribution in [0.3, 0.4) is 0 Å². The van der Waals surface area contributed by atoms with Crippen LogP contribution in [0.4, 0.5) is 17.6 Å².